The largest absolute Gasteiger partial charge is 0.375 e. The van der Waals surface area contributed by atoms with Crippen molar-refractivity contribution >= 4 is 37.0 Å². The number of nitrogens with one attached hydrogen (secondary N) is 1. The second-order valence-electron chi connectivity index (χ2n) is 3.65. The molecule has 0 aliphatic heterocycles. The van der Waals surface area contributed by atoms with Crippen LogP contribution in [0.1, 0.15) is 11.3 Å². The van der Waals surface area contributed by atoms with Crippen molar-refractivity contribution < 1.29 is 26.7 Å². The highest BCUT2D eigenvalue weighted by atomic mass is 35.7. The van der Waals surface area contributed by atoms with Crippen LogP contribution in [0.4, 0.5) is 8.78 Å². The fourth-order valence-corrected chi connectivity index (χ4v) is 3.26. The summed E-state index contributed by atoms with van der Waals surface area (Å²) >= 11 is 0.949. The second-order valence-corrected chi connectivity index (χ2v) is 7.61. The predicted octanol–water partition coefficient (Wildman–Crippen LogP) is 1.96. The van der Waals surface area contributed by atoms with Crippen LogP contribution < -0.4 is 5.32 Å². The van der Waals surface area contributed by atoms with E-state index >= 15 is 0 Å². The van der Waals surface area contributed by atoms with E-state index in [-0.39, 0.29) is 29.7 Å². The lowest BCUT2D eigenvalue weighted by Gasteiger charge is -2.04. The third kappa shape index (κ3) is 6.60. The number of amides is 1. The molecule has 20 heavy (non-hydrogen) atoms. The molecule has 0 radical (unpaired) electrons. The number of hydrogen-bond donors (Lipinski definition) is 1. The zero-order valence-electron chi connectivity index (χ0n) is 10.1. The van der Waals surface area contributed by atoms with E-state index in [0.717, 1.165) is 11.3 Å². The number of carbonyl (C=O) groups is 1. The van der Waals surface area contributed by atoms with Crippen LogP contribution in [0.2, 0.25) is 0 Å². The topological polar surface area (TPSA) is 72.5 Å². The lowest BCUT2D eigenvalue weighted by atomic mass is 10.4. The Bertz CT molecular complexity index is 547. The van der Waals surface area contributed by atoms with E-state index in [1.54, 1.807) is 0 Å². The van der Waals surface area contributed by atoms with Crippen molar-refractivity contribution in [2.24, 2.45) is 0 Å². The average Bonchev–Trinajstić information content (AvgIpc) is 2.80. The lowest BCUT2D eigenvalue weighted by molar-refractivity contribution is -0.122. The predicted molar refractivity (Wildman–Crippen MR) is 70.6 cm³/mol. The van der Waals surface area contributed by atoms with Crippen molar-refractivity contribution in [3.63, 3.8) is 0 Å². The summed E-state index contributed by atoms with van der Waals surface area (Å²) < 4.78 is 50.1. The Hall–Kier alpha value is -0.770. The van der Waals surface area contributed by atoms with Gasteiger partial charge < -0.3 is 10.1 Å². The van der Waals surface area contributed by atoms with Crippen LogP contribution in [0.15, 0.2) is 16.3 Å². The van der Waals surface area contributed by atoms with E-state index in [1.165, 1.54) is 12.1 Å². The molecule has 1 aromatic rings. The fourth-order valence-electron chi connectivity index (χ4n) is 1.20. The quantitative estimate of drug-likeness (QED) is 0.576. The Morgan fingerprint density at radius 2 is 2.15 bits per heavy atom. The number of halogens is 3. The maximum atomic E-state index is 11.7. The SMILES string of the molecule is O=C(CCOCC(F)F)NCc1ccc(S(=O)(=O)Cl)s1. The zero-order valence-corrected chi connectivity index (χ0v) is 12.5. The number of rotatable bonds is 8. The van der Waals surface area contributed by atoms with Gasteiger partial charge in [0.2, 0.25) is 5.91 Å². The first-order chi connectivity index (χ1) is 9.29. The first kappa shape index (κ1) is 17.3. The molecule has 0 atom stereocenters. The van der Waals surface area contributed by atoms with Crippen LogP contribution in [0.25, 0.3) is 0 Å². The van der Waals surface area contributed by atoms with Gasteiger partial charge in [-0.25, -0.2) is 17.2 Å². The number of thiophene rings is 1. The van der Waals surface area contributed by atoms with Gasteiger partial charge in [0.15, 0.2) is 0 Å². The number of ether oxygens (including phenoxy) is 1. The van der Waals surface area contributed by atoms with Crippen molar-refractivity contribution in [1.82, 2.24) is 5.32 Å². The molecule has 10 heteroatoms. The molecule has 0 saturated carbocycles. The summed E-state index contributed by atoms with van der Waals surface area (Å²) in [7, 11) is 1.40. The monoisotopic (exact) mass is 347 g/mol. The molecular formula is C10H12ClF2NO4S2. The summed E-state index contributed by atoms with van der Waals surface area (Å²) in [6.07, 6.45) is -2.60. The van der Waals surface area contributed by atoms with Crippen LogP contribution in [-0.2, 0) is 25.1 Å². The van der Waals surface area contributed by atoms with E-state index in [0.29, 0.717) is 4.88 Å². The van der Waals surface area contributed by atoms with Crippen molar-refractivity contribution in [1.29, 1.82) is 0 Å². The minimum atomic E-state index is -3.76. The molecule has 0 bridgehead atoms. The molecule has 0 aliphatic carbocycles. The van der Waals surface area contributed by atoms with Crippen molar-refractivity contribution in [2.45, 2.75) is 23.6 Å². The standard InChI is InChI=1S/C10H12ClF2NO4S2/c11-20(16,17)10-2-1-7(19-10)5-14-9(15)3-4-18-6-8(12)13/h1-2,8H,3-6H2,(H,14,15). The van der Waals surface area contributed by atoms with Gasteiger partial charge in [-0.2, -0.15) is 0 Å². The van der Waals surface area contributed by atoms with Gasteiger partial charge in [0.05, 0.1) is 13.2 Å². The lowest BCUT2D eigenvalue weighted by Crippen LogP contribution is -2.23. The van der Waals surface area contributed by atoms with Crippen LogP contribution >= 0.6 is 22.0 Å². The number of hydrogen-bond acceptors (Lipinski definition) is 5. The van der Waals surface area contributed by atoms with Gasteiger partial charge in [-0.3, -0.25) is 4.79 Å². The second kappa shape index (κ2) is 7.87. The van der Waals surface area contributed by atoms with Gasteiger partial charge in [0.1, 0.15) is 10.8 Å². The average molecular weight is 348 g/mol. The van der Waals surface area contributed by atoms with Gasteiger partial charge in [0, 0.05) is 22.0 Å². The highest BCUT2D eigenvalue weighted by molar-refractivity contribution is 8.15. The molecule has 114 valence electrons. The summed E-state index contributed by atoms with van der Waals surface area (Å²) in [5.41, 5.74) is 0. The molecule has 0 aromatic carbocycles. The van der Waals surface area contributed by atoms with Gasteiger partial charge in [-0.05, 0) is 12.1 Å². The molecule has 0 unspecified atom stereocenters. The Balaban J connectivity index is 2.29. The molecule has 0 saturated heterocycles. The third-order valence-corrected chi connectivity index (χ3v) is 5.23. The first-order valence-electron chi connectivity index (χ1n) is 5.45. The van der Waals surface area contributed by atoms with E-state index in [9.17, 15) is 22.0 Å². The van der Waals surface area contributed by atoms with Crippen LogP contribution in [0, 0.1) is 0 Å². The molecule has 0 spiro atoms. The smallest absolute Gasteiger partial charge is 0.270 e. The minimum absolute atomic E-state index is 0.00341. The molecule has 1 rings (SSSR count). The first-order valence-corrected chi connectivity index (χ1v) is 8.57. The Morgan fingerprint density at radius 3 is 2.70 bits per heavy atom. The van der Waals surface area contributed by atoms with Crippen LogP contribution in [-0.4, -0.2) is 34.0 Å². The highest BCUT2D eigenvalue weighted by Crippen LogP contribution is 2.24. The van der Waals surface area contributed by atoms with Crippen molar-refractivity contribution in [3.05, 3.63) is 17.0 Å². The molecule has 0 aliphatic rings. The van der Waals surface area contributed by atoms with Crippen LogP contribution in [0.5, 0.6) is 0 Å². The summed E-state index contributed by atoms with van der Waals surface area (Å²) in [4.78, 5) is 12.0. The normalized spacial score (nSPS) is 11.8. The van der Waals surface area contributed by atoms with E-state index in [4.69, 9.17) is 10.7 Å². The van der Waals surface area contributed by atoms with E-state index < -0.39 is 22.1 Å². The van der Waals surface area contributed by atoms with Gasteiger partial charge in [0.25, 0.3) is 15.5 Å². The Labute approximate surface area is 123 Å². The molecule has 5 nitrogen and oxygen atoms in total. The molecule has 1 amide bonds. The summed E-state index contributed by atoms with van der Waals surface area (Å²) in [6, 6.07) is 2.88. The van der Waals surface area contributed by atoms with Crippen molar-refractivity contribution in [3.8, 4) is 0 Å². The molecule has 1 N–H and O–H groups in total. The van der Waals surface area contributed by atoms with E-state index in [2.05, 4.69) is 10.1 Å². The molecule has 1 heterocycles. The molecule has 0 fully saturated rings. The minimum Gasteiger partial charge on any atom is -0.375 e. The fraction of sp³-hybridized carbons (Fsp3) is 0.500. The van der Waals surface area contributed by atoms with Gasteiger partial charge in [-0.1, -0.05) is 0 Å². The summed E-state index contributed by atoms with van der Waals surface area (Å²) in [5.74, 6) is -0.372. The maximum absolute atomic E-state index is 11.7. The number of alkyl halides is 2. The summed E-state index contributed by atoms with van der Waals surface area (Å²) in [6.45, 7) is -0.651. The van der Waals surface area contributed by atoms with Crippen molar-refractivity contribution in [2.75, 3.05) is 13.2 Å². The molecule has 1 aromatic heterocycles. The zero-order chi connectivity index (χ0) is 15.2. The Kier molecular flexibility index (Phi) is 6.80. The number of carbonyl (C=O) groups excluding carboxylic acids is 1. The third-order valence-electron chi connectivity index (χ3n) is 2.05. The van der Waals surface area contributed by atoms with E-state index in [1.807, 2.05) is 0 Å². The Morgan fingerprint density at radius 1 is 1.45 bits per heavy atom. The highest BCUT2D eigenvalue weighted by Gasteiger charge is 2.13. The van der Waals surface area contributed by atoms with Gasteiger partial charge >= 0.3 is 0 Å². The summed E-state index contributed by atoms with van der Waals surface area (Å²) in [5, 5.41) is 2.52. The van der Waals surface area contributed by atoms with Crippen LogP contribution in [0.3, 0.4) is 0 Å². The maximum Gasteiger partial charge on any atom is 0.270 e. The molecular weight excluding hydrogens is 336 g/mol. The van der Waals surface area contributed by atoms with Gasteiger partial charge in [-0.15, -0.1) is 11.3 Å².